The van der Waals surface area contributed by atoms with E-state index in [2.05, 4.69) is 57.3 Å². The van der Waals surface area contributed by atoms with Gasteiger partial charge < -0.3 is 5.32 Å². The summed E-state index contributed by atoms with van der Waals surface area (Å²) < 4.78 is 0. The highest BCUT2D eigenvalue weighted by atomic mass is 14.9. The Labute approximate surface area is 113 Å². The zero-order chi connectivity index (χ0) is 13.4. The van der Waals surface area contributed by atoms with E-state index in [1.807, 2.05) is 0 Å². The molecule has 2 unspecified atom stereocenters. The number of unbranched alkanes of at least 4 members (excludes halogenated alkanes) is 3. The minimum absolute atomic E-state index is 0.451. The monoisotopic (exact) mass is 247 g/mol. The van der Waals surface area contributed by atoms with E-state index in [-0.39, 0.29) is 0 Å². The molecule has 0 aliphatic heterocycles. The number of benzene rings is 1. The Kier molecular flexibility index (Phi) is 7.04. The summed E-state index contributed by atoms with van der Waals surface area (Å²) in [7, 11) is 0. The highest BCUT2D eigenvalue weighted by molar-refractivity contribution is 5.23. The van der Waals surface area contributed by atoms with Gasteiger partial charge in [0.1, 0.15) is 0 Å². The maximum Gasteiger partial charge on any atom is 0.0294 e. The van der Waals surface area contributed by atoms with Crippen LogP contribution in [0.25, 0.3) is 0 Å². The molecule has 1 aromatic carbocycles. The summed E-state index contributed by atoms with van der Waals surface area (Å²) in [6.07, 6.45) is 6.71. The molecule has 0 saturated heterocycles. The van der Waals surface area contributed by atoms with Crippen LogP contribution >= 0.6 is 0 Å². The van der Waals surface area contributed by atoms with E-state index in [0.29, 0.717) is 12.1 Å². The number of rotatable bonds is 8. The molecule has 0 bridgehead atoms. The molecule has 18 heavy (non-hydrogen) atoms. The van der Waals surface area contributed by atoms with Crippen LogP contribution in [-0.2, 0) is 0 Å². The highest BCUT2D eigenvalue weighted by Crippen LogP contribution is 2.15. The summed E-state index contributed by atoms with van der Waals surface area (Å²) >= 11 is 0. The van der Waals surface area contributed by atoms with Gasteiger partial charge >= 0.3 is 0 Å². The fraction of sp³-hybridized carbons (Fsp3) is 0.647. The van der Waals surface area contributed by atoms with E-state index >= 15 is 0 Å². The molecular weight excluding hydrogens is 218 g/mol. The van der Waals surface area contributed by atoms with E-state index < -0.39 is 0 Å². The molecule has 1 N–H and O–H groups in total. The van der Waals surface area contributed by atoms with Gasteiger partial charge in [-0.1, -0.05) is 62.4 Å². The summed E-state index contributed by atoms with van der Waals surface area (Å²) in [6, 6.07) is 9.91. The average molecular weight is 247 g/mol. The highest BCUT2D eigenvalue weighted by Gasteiger charge is 2.08. The second kappa shape index (κ2) is 8.31. The molecule has 1 nitrogen and oxygen atoms in total. The van der Waals surface area contributed by atoms with Crippen molar-refractivity contribution in [1.82, 2.24) is 5.32 Å². The van der Waals surface area contributed by atoms with Gasteiger partial charge in [-0.2, -0.15) is 0 Å². The first kappa shape index (κ1) is 15.2. The fourth-order valence-corrected chi connectivity index (χ4v) is 2.34. The summed E-state index contributed by atoms with van der Waals surface area (Å²) in [5, 5.41) is 3.69. The lowest BCUT2D eigenvalue weighted by Crippen LogP contribution is -2.28. The number of hydrogen-bond acceptors (Lipinski definition) is 1. The Morgan fingerprint density at radius 1 is 1.00 bits per heavy atom. The molecule has 0 saturated carbocycles. The minimum atomic E-state index is 0.451. The van der Waals surface area contributed by atoms with Gasteiger partial charge in [-0.25, -0.2) is 0 Å². The standard InChI is InChI=1S/C17H29N/c1-5-6-7-8-9-15(3)18-16(4)17-12-10-14(2)11-13-17/h10-13,15-16,18H,5-9H2,1-4H3. The first-order chi connectivity index (χ1) is 8.63. The summed E-state index contributed by atoms with van der Waals surface area (Å²) in [6.45, 7) is 8.96. The van der Waals surface area contributed by atoms with Crippen LogP contribution in [-0.4, -0.2) is 6.04 Å². The van der Waals surface area contributed by atoms with Crippen molar-refractivity contribution < 1.29 is 0 Å². The largest absolute Gasteiger partial charge is 0.308 e. The predicted octanol–water partition coefficient (Wildman–Crippen LogP) is 5.00. The SMILES string of the molecule is CCCCCCC(C)NC(C)c1ccc(C)cc1. The van der Waals surface area contributed by atoms with Gasteiger partial charge in [0.15, 0.2) is 0 Å². The molecule has 1 rings (SSSR count). The summed E-state index contributed by atoms with van der Waals surface area (Å²) in [4.78, 5) is 0. The van der Waals surface area contributed by atoms with Gasteiger partial charge in [0.25, 0.3) is 0 Å². The molecule has 0 aliphatic carbocycles. The maximum atomic E-state index is 3.69. The number of aryl methyl sites for hydroxylation is 1. The molecule has 102 valence electrons. The Morgan fingerprint density at radius 3 is 2.28 bits per heavy atom. The molecule has 1 aromatic rings. The van der Waals surface area contributed by atoms with Crippen LogP contribution in [0.2, 0.25) is 0 Å². The number of nitrogens with one attached hydrogen (secondary N) is 1. The smallest absolute Gasteiger partial charge is 0.0294 e. The molecule has 2 atom stereocenters. The van der Waals surface area contributed by atoms with E-state index in [9.17, 15) is 0 Å². The first-order valence-corrected chi connectivity index (χ1v) is 7.46. The van der Waals surface area contributed by atoms with E-state index in [0.717, 1.165) is 0 Å². The van der Waals surface area contributed by atoms with Crippen LogP contribution in [0.3, 0.4) is 0 Å². The molecule has 1 heteroatoms. The third kappa shape index (κ3) is 5.68. The molecular formula is C17H29N. The molecule has 0 spiro atoms. The summed E-state index contributed by atoms with van der Waals surface area (Å²) in [5.74, 6) is 0. The van der Waals surface area contributed by atoms with Gasteiger partial charge in [0, 0.05) is 12.1 Å². The average Bonchev–Trinajstić information content (AvgIpc) is 2.35. The Morgan fingerprint density at radius 2 is 1.67 bits per heavy atom. The van der Waals surface area contributed by atoms with Crippen LogP contribution in [0.1, 0.15) is 70.0 Å². The predicted molar refractivity (Wildman–Crippen MR) is 81.0 cm³/mol. The van der Waals surface area contributed by atoms with Crippen LogP contribution in [0.4, 0.5) is 0 Å². The quantitative estimate of drug-likeness (QED) is 0.637. The van der Waals surface area contributed by atoms with Gasteiger partial charge in [-0.05, 0) is 32.8 Å². The van der Waals surface area contributed by atoms with Crippen LogP contribution in [0.5, 0.6) is 0 Å². The van der Waals surface area contributed by atoms with Gasteiger partial charge in [0.05, 0.1) is 0 Å². The van der Waals surface area contributed by atoms with Crippen molar-refractivity contribution in [3.63, 3.8) is 0 Å². The third-order valence-electron chi connectivity index (χ3n) is 3.60. The second-order valence-electron chi connectivity index (χ2n) is 5.55. The third-order valence-corrected chi connectivity index (χ3v) is 3.60. The lowest BCUT2D eigenvalue weighted by molar-refractivity contribution is 0.438. The van der Waals surface area contributed by atoms with Crippen molar-refractivity contribution in [2.75, 3.05) is 0 Å². The van der Waals surface area contributed by atoms with E-state index in [1.165, 1.54) is 43.2 Å². The van der Waals surface area contributed by atoms with Gasteiger partial charge in [-0.3, -0.25) is 0 Å². The zero-order valence-corrected chi connectivity index (χ0v) is 12.5. The van der Waals surface area contributed by atoms with Crippen molar-refractivity contribution in [2.24, 2.45) is 0 Å². The molecule has 0 heterocycles. The molecule has 0 fully saturated rings. The molecule has 0 radical (unpaired) electrons. The fourth-order valence-electron chi connectivity index (χ4n) is 2.34. The Bertz CT molecular complexity index is 315. The van der Waals surface area contributed by atoms with E-state index in [1.54, 1.807) is 0 Å². The van der Waals surface area contributed by atoms with Gasteiger partial charge in [-0.15, -0.1) is 0 Å². The molecule has 0 amide bonds. The van der Waals surface area contributed by atoms with Crippen LogP contribution in [0, 0.1) is 6.92 Å². The maximum absolute atomic E-state index is 3.69. The van der Waals surface area contributed by atoms with Gasteiger partial charge in [0.2, 0.25) is 0 Å². The Balaban J connectivity index is 2.30. The molecule has 0 aliphatic rings. The van der Waals surface area contributed by atoms with Crippen LogP contribution < -0.4 is 5.32 Å². The topological polar surface area (TPSA) is 12.0 Å². The zero-order valence-electron chi connectivity index (χ0n) is 12.5. The van der Waals surface area contributed by atoms with E-state index in [4.69, 9.17) is 0 Å². The summed E-state index contributed by atoms with van der Waals surface area (Å²) in [5.41, 5.74) is 2.72. The van der Waals surface area contributed by atoms with Crippen molar-refractivity contribution in [2.45, 2.75) is 71.9 Å². The second-order valence-corrected chi connectivity index (χ2v) is 5.55. The van der Waals surface area contributed by atoms with Crippen LogP contribution in [0.15, 0.2) is 24.3 Å². The van der Waals surface area contributed by atoms with Crippen molar-refractivity contribution >= 4 is 0 Å². The van der Waals surface area contributed by atoms with Crippen molar-refractivity contribution in [3.8, 4) is 0 Å². The lowest BCUT2D eigenvalue weighted by atomic mass is 10.0. The molecule has 0 aromatic heterocycles. The normalized spacial score (nSPS) is 14.4. The number of hydrogen-bond donors (Lipinski definition) is 1. The minimum Gasteiger partial charge on any atom is -0.308 e. The lowest BCUT2D eigenvalue weighted by Gasteiger charge is -2.20. The first-order valence-electron chi connectivity index (χ1n) is 7.46. The van der Waals surface area contributed by atoms with Crippen molar-refractivity contribution in [1.29, 1.82) is 0 Å². The Hall–Kier alpha value is -0.820. The van der Waals surface area contributed by atoms with Crippen molar-refractivity contribution in [3.05, 3.63) is 35.4 Å².